The van der Waals surface area contributed by atoms with Gasteiger partial charge in [0, 0.05) is 5.69 Å². The number of amides is 1. The van der Waals surface area contributed by atoms with Gasteiger partial charge in [0.25, 0.3) is 12.3 Å². The Morgan fingerprint density at radius 3 is 2.62 bits per heavy atom. The summed E-state index contributed by atoms with van der Waals surface area (Å²) < 4.78 is 26.4. The maximum absolute atomic E-state index is 12.4. The second kappa shape index (κ2) is 6.35. The first-order chi connectivity index (χ1) is 11.5. The molecule has 1 aromatic carbocycles. The number of hydrogen-bond acceptors (Lipinski definition) is 3. The first-order valence-corrected chi connectivity index (χ1v) is 7.46. The van der Waals surface area contributed by atoms with Crippen LogP contribution in [0.25, 0.3) is 16.7 Å². The quantitative estimate of drug-likeness (QED) is 0.800. The standard InChI is InChI=1S/C17H16F2N4O/c1-10-8-13(17(24)20-9-14(18)19)15-11(2)22-23(16(15)21-10)12-6-4-3-5-7-12/h3-8,14H,9H2,1-2H3,(H,20,24). The Labute approximate surface area is 137 Å². The fourth-order valence-electron chi connectivity index (χ4n) is 2.61. The summed E-state index contributed by atoms with van der Waals surface area (Å²) >= 11 is 0. The SMILES string of the molecule is Cc1cc(C(=O)NCC(F)F)c2c(C)nn(-c3ccccc3)c2n1. The third-order valence-electron chi connectivity index (χ3n) is 3.60. The number of aromatic nitrogens is 3. The van der Waals surface area contributed by atoms with Crippen molar-refractivity contribution in [3.05, 3.63) is 53.3 Å². The zero-order valence-corrected chi connectivity index (χ0v) is 13.3. The van der Waals surface area contributed by atoms with Crippen LogP contribution in [0, 0.1) is 13.8 Å². The number of aryl methyl sites for hydroxylation is 2. The molecule has 0 aliphatic carbocycles. The third kappa shape index (κ3) is 2.97. The van der Waals surface area contributed by atoms with E-state index in [1.54, 1.807) is 24.6 Å². The molecule has 2 aromatic heterocycles. The normalized spacial score (nSPS) is 11.2. The van der Waals surface area contributed by atoms with Crippen molar-refractivity contribution in [3.63, 3.8) is 0 Å². The van der Waals surface area contributed by atoms with Crippen LogP contribution in [0.1, 0.15) is 21.7 Å². The lowest BCUT2D eigenvalue weighted by molar-refractivity contribution is 0.0893. The van der Waals surface area contributed by atoms with E-state index in [-0.39, 0.29) is 0 Å². The van der Waals surface area contributed by atoms with Gasteiger partial charge in [-0.3, -0.25) is 4.79 Å². The van der Waals surface area contributed by atoms with Gasteiger partial charge in [-0.2, -0.15) is 5.10 Å². The van der Waals surface area contributed by atoms with Gasteiger partial charge in [-0.1, -0.05) is 18.2 Å². The number of rotatable bonds is 4. The van der Waals surface area contributed by atoms with E-state index in [0.29, 0.717) is 28.0 Å². The maximum atomic E-state index is 12.4. The van der Waals surface area contributed by atoms with E-state index < -0.39 is 18.9 Å². The molecule has 0 saturated heterocycles. The van der Waals surface area contributed by atoms with Crippen molar-refractivity contribution in [2.75, 3.05) is 6.54 Å². The van der Waals surface area contributed by atoms with Gasteiger partial charge in [0.2, 0.25) is 0 Å². The van der Waals surface area contributed by atoms with Crippen LogP contribution in [-0.4, -0.2) is 33.6 Å². The molecule has 0 bridgehead atoms. The highest BCUT2D eigenvalue weighted by atomic mass is 19.3. The van der Waals surface area contributed by atoms with Gasteiger partial charge in [-0.05, 0) is 32.0 Å². The van der Waals surface area contributed by atoms with Crippen LogP contribution in [-0.2, 0) is 0 Å². The third-order valence-corrected chi connectivity index (χ3v) is 3.60. The molecule has 3 rings (SSSR count). The highest BCUT2D eigenvalue weighted by Crippen LogP contribution is 2.24. The Morgan fingerprint density at radius 2 is 1.96 bits per heavy atom. The summed E-state index contributed by atoms with van der Waals surface area (Å²) in [7, 11) is 0. The highest BCUT2D eigenvalue weighted by molar-refractivity contribution is 6.06. The van der Waals surface area contributed by atoms with Gasteiger partial charge in [-0.25, -0.2) is 18.4 Å². The summed E-state index contributed by atoms with van der Waals surface area (Å²) in [4.78, 5) is 16.8. The van der Waals surface area contributed by atoms with E-state index in [1.807, 2.05) is 30.3 Å². The van der Waals surface area contributed by atoms with E-state index in [1.165, 1.54) is 0 Å². The van der Waals surface area contributed by atoms with Crippen LogP contribution < -0.4 is 5.32 Å². The summed E-state index contributed by atoms with van der Waals surface area (Å²) in [5, 5.41) is 7.27. The molecule has 0 fully saturated rings. The molecular weight excluding hydrogens is 314 g/mol. The summed E-state index contributed by atoms with van der Waals surface area (Å²) in [5.41, 5.74) is 2.87. The van der Waals surface area contributed by atoms with Crippen LogP contribution in [0.4, 0.5) is 8.78 Å². The van der Waals surface area contributed by atoms with E-state index in [9.17, 15) is 13.6 Å². The lowest BCUT2D eigenvalue weighted by Gasteiger charge is -2.08. The fraction of sp³-hybridized carbons (Fsp3) is 0.235. The number of hydrogen-bond donors (Lipinski definition) is 1. The zero-order valence-electron chi connectivity index (χ0n) is 13.3. The Balaban J connectivity index is 2.15. The van der Waals surface area contributed by atoms with Crippen molar-refractivity contribution < 1.29 is 13.6 Å². The van der Waals surface area contributed by atoms with Crippen LogP contribution in [0.15, 0.2) is 36.4 Å². The Bertz CT molecular complexity index is 890. The molecule has 0 spiro atoms. The lowest BCUT2D eigenvalue weighted by Crippen LogP contribution is -2.28. The largest absolute Gasteiger partial charge is 0.346 e. The molecule has 0 unspecified atom stereocenters. The van der Waals surface area contributed by atoms with Gasteiger partial charge in [0.15, 0.2) is 5.65 Å². The number of fused-ring (bicyclic) bond motifs is 1. The topological polar surface area (TPSA) is 59.8 Å². The fourth-order valence-corrected chi connectivity index (χ4v) is 2.61. The molecule has 5 nitrogen and oxygen atoms in total. The van der Waals surface area contributed by atoms with Crippen molar-refractivity contribution in [3.8, 4) is 5.69 Å². The lowest BCUT2D eigenvalue weighted by atomic mass is 10.1. The minimum atomic E-state index is -2.60. The molecule has 0 atom stereocenters. The van der Waals surface area contributed by atoms with Gasteiger partial charge in [-0.15, -0.1) is 0 Å². The minimum Gasteiger partial charge on any atom is -0.346 e. The van der Waals surface area contributed by atoms with Crippen molar-refractivity contribution in [1.29, 1.82) is 0 Å². The smallest absolute Gasteiger partial charge is 0.255 e. The summed E-state index contributed by atoms with van der Waals surface area (Å²) in [6, 6.07) is 11.0. The van der Waals surface area contributed by atoms with Gasteiger partial charge >= 0.3 is 0 Å². The van der Waals surface area contributed by atoms with E-state index in [0.717, 1.165) is 5.69 Å². The molecule has 0 saturated carbocycles. The average Bonchev–Trinajstić information content (AvgIpc) is 2.89. The number of carbonyl (C=O) groups is 1. The van der Waals surface area contributed by atoms with E-state index in [2.05, 4.69) is 15.4 Å². The summed E-state index contributed by atoms with van der Waals surface area (Å²) in [5.74, 6) is -0.554. The Hall–Kier alpha value is -2.83. The second-order valence-corrected chi connectivity index (χ2v) is 5.44. The van der Waals surface area contributed by atoms with Crippen molar-refractivity contribution in [2.24, 2.45) is 0 Å². The monoisotopic (exact) mass is 330 g/mol. The number of pyridine rings is 1. The van der Waals surface area contributed by atoms with Crippen LogP contribution in [0.3, 0.4) is 0 Å². The Morgan fingerprint density at radius 1 is 1.25 bits per heavy atom. The second-order valence-electron chi connectivity index (χ2n) is 5.44. The molecule has 124 valence electrons. The first kappa shape index (κ1) is 16.0. The molecule has 7 heteroatoms. The molecule has 0 radical (unpaired) electrons. The van der Waals surface area contributed by atoms with E-state index in [4.69, 9.17) is 0 Å². The number of alkyl halides is 2. The van der Waals surface area contributed by atoms with Crippen molar-refractivity contribution in [2.45, 2.75) is 20.3 Å². The van der Waals surface area contributed by atoms with Gasteiger partial charge < -0.3 is 5.32 Å². The zero-order chi connectivity index (χ0) is 17.3. The number of benzene rings is 1. The minimum absolute atomic E-state index is 0.304. The number of carbonyl (C=O) groups excluding carboxylic acids is 1. The number of nitrogens with one attached hydrogen (secondary N) is 1. The molecule has 3 aromatic rings. The predicted molar refractivity (Wildman–Crippen MR) is 86.7 cm³/mol. The molecule has 1 amide bonds. The number of nitrogens with zero attached hydrogens (tertiary/aromatic N) is 3. The number of halogens is 2. The highest BCUT2D eigenvalue weighted by Gasteiger charge is 2.20. The summed E-state index contributed by atoms with van der Waals surface area (Å²) in [6.07, 6.45) is -2.60. The maximum Gasteiger partial charge on any atom is 0.255 e. The molecule has 1 N–H and O–H groups in total. The molecule has 0 aliphatic heterocycles. The van der Waals surface area contributed by atoms with Crippen LogP contribution in [0.5, 0.6) is 0 Å². The first-order valence-electron chi connectivity index (χ1n) is 7.46. The molecular formula is C17H16F2N4O. The van der Waals surface area contributed by atoms with Gasteiger partial charge in [0.05, 0.1) is 28.9 Å². The van der Waals surface area contributed by atoms with Crippen LogP contribution >= 0.6 is 0 Å². The number of para-hydroxylation sites is 1. The molecule has 0 aliphatic rings. The average molecular weight is 330 g/mol. The van der Waals surface area contributed by atoms with Crippen molar-refractivity contribution in [1.82, 2.24) is 20.1 Å². The van der Waals surface area contributed by atoms with Gasteiger partial charge in [0.1, 0.15) is 0 Å². The predicted octanol–water partition coefficient (Wildman–Crippen LogP) is 3.03. The van der Waals surface area contributed by atoms with E-state index >= 15 is 0 Å². The van der Waals surface area contributed by atoms with Crippen LogP contribution in [0.2, 0.25) is 0 Å². The van der Waals surface area contributed by atoms with Crippen molar-refractivity contribution >= 4 is 16.9 Å². The summed E-state index contributed by atoms with van der Waals surface area (Å²) in [6.45, 7) is 2.83. The molecule has 2 heterocycles. The molecule has 24 heavy (non-hydrogen) atoms. The Kier molecular flexibility index (Phi) is 4.24.